The lowest BCUT2D eigenvalue weighted by Gasteiger charge is -2.18. The van der Waals surface area contributed by atoms with Crippen LogP contribution in [-0.4, -0.2) is 37.2 Å². The summed E-state index contributed by atoms with van der Waals surface area (Å²) >= 11 is 0. The zero-order valence-corrected chi connectivity index (χ0v) is 12.9. The number of nitrogens with two attached hydrogens (primary N) is 1. The van der Waals surface area contributed by atoms with Gasteiger partial charge in [0, 0.05) is 12.1 Å². The second-order valence-corrected chi connectivity index (χ2v) is 5.44. The van der Waals surface area contributed by atoms with Crippen molar-refractivity contribution in [1.82, 2.24) is 10.3 Å². The number of ether oxygens (including phenoxy) is 2. The summed E-state index contributed by atoms with van der Waals surface area (Å²) in [4.78, 5) is 16.3. The molecular formula is C16H19N3O4. The second-order valence-electron chi connectivity index (χ2n) is 5.44. The minimum atomic E-state index is -0.288. The molecule has 1 aromatic carbocycles. The van der Waals surface area contributed by atoms with E-state index in [1.54, 1.807) is 12.1 Å². The molecule has 1 aliphatic heterocycles. The van der Waals surface area contributed by atoms with E-state index in [0.717, 1.165) is 0 Å². The smallest absolute Gasteiger partial charge is 0.273 e. The number of hydrogen-bond donors (Lipinski definition) is 2. The summed E-state index contributed by atoms with van der Waals surface area (Å²) in [5, 5.41) is 2.81. The van der Waals surface area contributed by atoms with Crippen molar-refractivity contribution in [3.63, 3.8) is 0 Å². The van der Waals surface area contributed by atoms with Gasteiger partial charge < -0.3 is 24.9 Å². The van der Waals surface area contributed by atoms with Gasteiger partial charge in [-0.1, -0.05) is 6.92 Å². The van der Waals surface area contributed by atoms with Crippen LogP contribution in [-0.2, 0) is 0 Å². The Bertz CT molecular complexity index is 698. The van der Waals surface area contributed by atoms with Crippen LogP contribution in [0.25, 0.3) is 11.3 Å². The van der Waals surface area contributed by atoms with E-state index in [1.165, 1.54) is 6.39 Å². The summed E-state index contributed by atoms with van der Waals surface area (Å²) < 4.78 is 16.4. The molecule has 0 bridgehead atoms. The monoisotopic (exact) mass is 317 g/mol. The third-order valence-corrected chi connectivity index (χ3v) is 3.60. The SMILES string of the molecule is CC(CN)CNC(=O)c1ncoc1-c1ccc2c(c1)OCCO2. The summed E-state index contributed by atoms with van der Waals surface area (Å²) in [6, 6.07) is 5.39. The quantitative estimate of drug-likeness (QED) is 0.865. The van der Waals surface area contributed by atoms with Gasteiger partial charge in [-0.15, -0.1) is 0 Å². The van der Waals surface area contributed by atoms with Crippen molar-refractivity contribution in [2.24, 2.45) is 11.7 Å². The number of nitrogens with one attached hydrogen (secondary N) is 1. The highest BCUT2D eigenvalue weighted by Gasteiger charge is 2.21. The maximum Gasteiger partial charge on any atom is 0.273 e. The van der Waals surface area contributed by atoms with Gasteiger partial charge in [0.15, 0.2) is 29.3 Å². The standard InChI is InChI=1S/C16H19N3O4/c1-10(7-17)8-18-16(20)14-15(23-9-19-14)11-2-3-12-13(6-11)22-5-4-21-12/h2-3,6,9-10H,4-5,7-8,17H2,1H3,(H,18,20). The fourth-order valence-electron chi connectivity index (χ4n) is 2.23. The van der Waals surface area contributed by atoms with Gasteiger partial charge in [-0.3, -0.25) is 4.79 Å². The first-order valence-corrected chi connectivity index (χ1v) is 7.51. The summed E-state index contributed by atoms with van der Waals surface area (Å²) in [7, 11) is 0. The zero-order chi connectivity index (χ0) is 16.2. The van der Waals surface area contributed by atoms with Gasteiger partial charge in [0.05, 0.1) is 0 Å². The number of aromatic nitrogens is 1. The number of oxazole rings is 1. The first-order chi connectivity index (χ1) is 11.2. The highest BCUT2D eigenvalue weighted by molar-refractivity contribution is 5.97. The third-order valence-electron chi connectivity index (χ3n) is 3.60. The van der Waals surface area contributed by atoms with Crippen LogP contribution >= 0.6 is 0 Å². The first kappa shape index (κ1) is 15.4. The second kappa shape index (κ2) is 6.70. The Morgan fingerprint density at radius 2 is 2.13 bits per heavy atom. The number of rotatable bonds is 5. The molecule has 2 heterocycles. The van der Waals surface area contributed by atoms with Crippen molar-refractivity contribution in [1.29, 1.82) is 0 Å². The summed E-state index contributed by atoms with van der Waals surface area (Å²) in [6.45, 7) is 3.99. The molecule has 23 heavy (non-hydrogen) atoms. The molecule has 1 atom stereocenters. The molecule has 0 saturated heterocycles. The summed E-state index contributed by atoms with van der Waals surface area (Å²) in [5.74, 6) is 1.63. The van der Waals surface area contributed by atoms with Crippen LogP contribution in [0.3, 0.4) is 0 Å². The Morgan fingerprint density at radius 3 is 2.91 bits per heavy atom. The average Bonchev–Trinajstić information content (AvgIpc) is 3.08. The van der Waals surface area contributed by atoms with E-state index in [0.29, 0.717) is 49.1 Å². The largest absolute Gasteiger partial charge is 0.486 e. The van der Waals surface area contributed by atoms with E-state index in [2.05, 4.69) is 10.3 Å². The lowest BCUT2D eigenvalue weighted by atomic mass is 10.1. The Labute approximate surface area is 133 Å². The molecule has 7 nitrogen and oxygen atoms in total. The molecule has 7 heteroatoms. The molecule has 1 amide bonds. The number of carbonyl (C=O) groups excluding carboxylic acids is 1. The van der Waals surface area contributed by atoms with E-state index in [4.69, 9.17) is 19.6 Å². The first-order valence-electron chi connectivity index (χ1n) is 7.51. The molecule has 0 radical (unpaired) electrons. The molecule has 0 saturated carbocycles. The fraction of sp³-hybridized carbons (Fsp3) is 0.375. The summed E-state index contributed by atoms with van der Waals surface area (Å²) in [6.07, 6.45) is 1.26. The van der Waals surface area contributed by atoms with Crippen molar-refractivity contribution in [3.8, 4) is 22.8 Å². The predicted molar refractivity (Wildman–Crippen MR) is 83.5 cm³/mol. The molecule has 2 aromatic rings. The van der Waals surface area contributed by atoms with Gasteiger partial charge in [-0.2, -0.15) is 0 Å². The van der Waals surface area contributed by atoms with E-state index in [1.807, 2.05) is 13.0 Å². The van der Waals surface area contributed by atoms with Gasteiger partial charge in [0.2, 0.25) is 0 Å². The van der Waals surface area contributed by atoms with Crippen LogP contribution in [0, 0.1) is 5.92 Å². The highest BCUT2D eigenvalue weighted by Crippen LogP contribution is 2.35. The lowest BCUT2D eigenvalue weighted by molar-refractivity contribution is 0.0944. The van der Waals surface area contributed by atoms with Gasteiger partial charge in [0.1, 0.15) is 13.2 Å². The van der Waals surface area contributed by atoms with Crippen molar-refractivity contribution >= 4 is 5.91 Å². The van der Waals surface area contributed by atoms with Crippen LogP contribution < -0.4 is 20.5 Å². The highest BCUT2D eigenvalue weighted by atomic mass is 16.6. The zero-order valence-electron chi connectivity index (χ0n) is 12.9. The molecule has 1 unspecified atom stereocenters. The van der Waals surface area contributed by atoms with Crippen LogP contribution in [0.4, 0.5) is 0 Å². The normalized spacial score (nSPS) is 14.3. The van der Waals surface area contributed by atoms with Gasteiger partial charge >= 0.3 is 0 Å². The molecule has 1 aromatic heterocycles. The van der Waals surface area contributed by atoms with Crippen LogP contribution in [0.15, 0.2) is 29.0 Å². The van der Waals surface area contributed by atoms with E-state index in [9.17, 15) is 4.79 Å². The molecule has 0 fully saturated rings. The fourth-order valence-corrected chi connectivity index (χ4v) is 2.23. The Balaban J connectivity index is 1.82. The van der Waals surface area contributed by atoms with Crippen molar-refractivity contribution in [2.75, 3.05) is 26.3 Å². The van der Waals surface area contributed by atoms with Gasteiger partial charge in [-0.05, 0) is 30.7 Å². The van der Waals surface area contributed by atoms with E-state index < -0.39 is 0 Å². The number of nitrogens with zero attached hydrogens (tertiary/aromatic N) is 1. The molecule has 3 N–H and O–H groups in total. The minimum Gasteiger partial charge on any atom is -0.486 e. The molecular weight excluding hydrogens is 298 g/mol. The third kappa shape index (κ3) is 3.29. The lowest BCUT2D eigenvalue weighted by Crippen LogP contribution is -2.31. The number of hydrogen-bond acceptors (Lipinski definition) is 6. The number of fused-ring (bicyclic) bond motifs is 1. The van der Waals surface area contributed by atoms with Crippen LogP contribution in [0.1, 0.15) is 17.4 Å². The Morgan fingerprint density at radius 1 is 1.35 bits per heavy atom. The number of carbonyl (C=O) groups is 1. The number of benzene rings is 1. The van der Waals surface area contributed by atoms with Crippen molar-refractivity contribution in [2.45, 2.75) is 6.92 Å². The summed E-state index contributed by atoms with van der Waals surface area (Å²) in [5.41, 5.74) is 6.50. The van der Waals surface area contributed by atoms with Crippen molar-refractivity contribution < 1.29 is 18.7 Å². The molecule has 122 valence electrons. The van der Waals surface area contributed by atoms with E-state index >= 15 is 0 Å². The van der Waals surface area contributed by atoms with Gasteiger partial charge in [0.25, 0.3) is 5.91 Å². The maximum atomic E-state index is 12.3. The minimum absolute atomic E-state index is 0.198. The molecule has 0 aliphatic carbocycles. The van der Waals surface area contributed by atoms with Crippen LogP contribution in [0.2, 0.25) is 0 Å². The number of amides is 1. The van der Waals surface area contributed by atoms with E-state index in [-0.39, 0.29) is 17.5 Å². The van der Waals surface area contributed by atoms with Gasteiger partial charge in [-0.25, -0.2) is 4.98 Å². The maximum absolute atomic E-state index is 12.3. The molecule has 0 spiro atoms. The molecule has 1 aliphatic rings. The Hall–Kier alpha value is -2.54. The Kier molecular flexibility index (Phi) is 4.47. The van der Waals surface area contributed by atoms with Crippen molar-refractivity contribution in [3.05, 3.63) is 30.3 Å². The van der Waals surface area contributed by atoms with Crippen LogP contribution in [0.5, 0.6) is 11.5 Å². The average molecular weight is 317 g/mol. The predicted octanol–water partition coefficient (Wildman–Crippen LogP) is 1.44. The molecule has 3 rings (SSSR count). The topological polar surface area (TPSA) is 99.6 Å².